The fraction of sp³-hybridized carbons (Fsp3) is 0.350. The molecule has 2 aromatic carbocycles. The molecule has 1 amide bonds. The van der Waals surface area contributed by atoms with Gasteiger partial charge in [-0.25, -0.2) is 8.42 Å². The van der Waals surface area contributed by atoms with Crippen LogP contribution >= 0.6 is 46.6 Å². The first kappa shape index (κ1) is 24.3. The Morgan fingerprint density at radius 3 is 2.61 bits per heavy atom. The van der Waals surface area contributed by atoms with Gasteiger partial charge < -0.3 is 10.1 Å². The van der Waals surface area contributed by atoms with Gasteiger partial charge in [-0.1, -0.05) is 40.9 Å². The van der Waals surface area contributed by atoms with Crippen molar-refractivity contribution in [3.63, 3.8) is 0 Å². The van der Waals surface area contributed by atoms with Gasteiger partial charge in [0.2, 0.25) is 10.0 Å². The molecule has 1 aliphatic rings. The Morgan fingerprint density at radius 2 is 1.90 bits per heavy atom. The van der Waals surface area contributed by atoms with E-state index in [2.05, 4.69) is 5.32 Å². The first-order valence-corrected chi connectivity index (χ1v) is 13.5. The van der Waals surface area contributed by atoms with Crippen molar-refractivity contribution in [1.29, 1.82) is 0 Å². The number of carbonyl (C=O) groups excluding carboxylic acids is 1. The highest BCUT2D eigenvalue weighted by atomic mass is 35.5. The third-order valence-corrected chi connectivity index (χ3v) is 7.57. The van der Waals surface area contributed by atoms with Crippen molar-refractivity contribution in [2.45, 2.75) is 18.3 Å². The largest absolute Gasteiger partial charge is 0.478 e. The van der Waals surface area contributed by atoms with E-state index in [4.69, 9.17) is 39.5 Å². The average molecular weight is 524 g/mol. The minimum atomic E-state index is -3.54. The van der Waals surface area contributed by atoms with Gasteiger partial charge >= 0.3 is 0 Å². The molecular formula is C20H21Cl3N2O4S2. The van der Waals surface area contributed by atoms with Gasteiger partial charge in [-0.2, -0.15) is 11.8 Å². The molecule has 168 valence electrons. The lowest BCUT2D eigenvalue weighted by molar-refractivity contribution is -0.127. The number of benzene rings is 2. The van der Waals surface area contributed by atoms with Crippen LogP contribution in [0.2, 0.25) is 15.1 Å². The smallest absolute Gasteiger partial charge is 0.261 e. The van der Waals surface area contributed by atoms with Crippen molar-refractivity contribution in [2.75, 3.05) is 29.4 Å². The number of hydrogen-bond donors (Lipinski definition) is 1. The molecule has 0 aromatic heterocycles. The molecule has 1 unspecified atom stereocenters. The van der Waals surface area contributed by atoms with Gasteiger partial charge in [0.25, 0.3) is 5.91 Å². The van der Waals surface area contributed by atoms with E-state index >= 15 is 0 Å². The fourth-order valence-corrected chi connectivity index (χ4v) is 5.58. The normalized spacial score (nSPS) is 16.3. The van der Waals surface area contributed by atoms with Crippen molar-refractivity contribution in [3.05, 3.63) is 57.0 Å². The van der Waals surface area contributed by atoms with Crippen LogP contribution in [0.3, 0.4) is 0 Å². The van der Waals surface area contributed by atoms with Crippen molar-refractivity contribution in [2.24, 2.45) is 0 Å². The Kier molecular flexibility index (Phi) is 8.26. The second kappa shape index (κ2) is 10.5. The lowest BCUT2D eigenvalue weighted by atomic mass is 10.2. The zero-order valence-electron chi connectivity index (χ0n) is 16.6. The summed E-state index contributed by atoms with van der Waals surface area (Å²) in [6.45, 7) is 0.561. The number of rotatable bonds is 7. The number of anilines is 1. The van der Waals surface area contributed by atoms with Crippen molar-refractivity contribution in [1.82, 2.24) is 5.32 Å². The minimum absolute atomic E-state index is 0.119. The zero-order valence-corrected chi connectivity index (χ0v) is 20.5. The maximum atomic E-state index is 12.6. The average Bonchev–Trinajstić information content (AvgIpc) is 2.88. The predicted molar refractivity (Wildman–Crippen MR) is 128 cm³/mol. The number of thioether (sulfide) groups is 1. The predicted octanol–water partition coefficient (Wildman–Crippen LogP) is 4.61. The Balaban J connectivity index is 1.55. The van der Waals surface area contributed by atoms with E-state index in [0.29, 0.717) is 44.6 Å². The summed E-state index contributed by atoms with van der Waals surface area (Å²) < 4.78 is 31.5. The zero-order chi connectivity index (χ0) is 22.6. The minimum Gasteiger partial charge on any atom is -0.478 e. The Labute approximate surface area is 201 Å². The van der Waals surface area contributed by atoms with Gasteiger partial charge in [0, 0.05) is 46.1 Å². The molecule has 3 rings (SSSR count). The first-order valence-electron chi connectivity index (χ1n) is 9.38. The number of ether oxygens (including phenoxy) is 1. The maximum Gasteiger partial charge on any atom is 0.261 e. The number of nitrogens with one attached hydrogen (secondary N) is 1. The van der Waals surface area contributed by atoms with Gasteiger partial charge in [-0.15, -0.1) is 0 Å². The van der Waals surface area contributed by atoms with Crippen LogP contribution in [-0.2, 0) is 20.6 Å². The standard InChI is InChI=1S/C20H21Cl3N2O4S2/c1-31(27,28)25-8-6-19(29-18-5-4-15(22)11-17(18)25)20(26)24-7-9-30-12-13-2-3-14(21)10-16(13)23/h2-5,10-11,19H,6-9,12H2,1H3,(H,24,26). The molecule has 6 nitrogen and oxygen atoms in total. The number of carbonyl (C=O) groups is 1. The van der Waals surface area contributed by atoms with E-state index in [0.717, 1.165) is 11.8 Å². The number of sulfonamides is 1. The fourth-order valence-electron chi connectivity index (χ4n) is 3.06. The summed E-state index contributed by atoms with van der Waals surface area (Å²) >= 11 is 19.7. The summed E-state index contributed by atoms with van der Waals surface area (Å²) in [4.78, 5) is 12.6. The molecule has 31 heavy (non-hydrogen) atoms. The van der Waals surface area contributed by atoms with E-state index in [-0.39, 0.29) is 18.9 Å². The Bertz CT molecular complexity index is 1070. The van der Waals surface area contributed by atoms with Crippen LogP contribution in [-0.4, -0.2) is 45.5 Å². The number of fused-ring (bicyclic) bond motifs is 1. The molecule has 0 fully saturated rings. The Hall–Kier alpha value is -1.32. The van der Waals surface area contributed by atoms with Crippen LogP contribution in [0.4, 0.5) is 5.69 Å². The molecule has 2 aromatic rings. The van der Waals surface area contributed by atoms with E-state index < -0.39 is 16.1 Å². The van der Waals surface area contributed by atoms with Crippen LogP contribution in [0.25, 0.3) is 0 Å². The van der Waals surface area contributed by atoms with Gasteiger partial charge in [-0.05, 0) is 35.9 Å². The topological polar surface area (TPSA) is 75.7 Å². The molecule has 0 bridgehead atoms. The van der Waals surface area contributed by atoms with Crippen LogP contribution in [0.1, 0.15) is 12.0 Å². The molecule has 1 heterocycles. The molecule has 0 radical (unpaired) electrons. The van der Waals surface area contributed by atoms with Crippen molar-refractivity contribution < 1.29 is 17.9 Å². The molecule has 0 spiro atoms. The second-order valence-corrected chi connectivity index (χ2v) is 11.2. The molecule has 0 saturated heterocycles. The SMILES string of the molecule is CS(=O)(=O)N1CCC(C(=O)NCCSCc2ccc(Cl)cc2Cl)Oc2ccc(Cl)cc21. The monoisotopic (exact) mass is 522 g/mol. The van der Waals surface area contributed by atoms with Gasteiger partial charge in [0.05, 0.1) is 11.9 Å². The van der Waals surface area contributed by atoms with E-state index in [1.165, 1.54) is 10.4 Å². The summed E-state index contributed by atoms with van der Waals surface area (Å²) in [6, 6.07) is 10.1. The highest BCUT2D eigenvalue weighted by Gasteiger charge is 2.31. The second-order valence-electron chi connectivity index (χ2n) is 6.92. The van der Waals surface area contributed by atoms with Crippen LogP contribution in [0, 0.1) is 0 Å². The van der Waals surface area contributed by atoms with E-state index in [1.807, 2.05) is 6.07 Å². The molecule has 0 saturated carbocycles. The van der Waals surface area contributed by atoms with Gasteiger partial charge in [0.1, 0.15) is 5.75 Å². The lowest BCUT2D eigenvalue weighted by Gasteiger charge is -2.21. The van der Waals surface area contributed by atoms with Crippen molar-refractivity contribution >= 4 is 68.2 Å². The summed E-state index contributed by atoms with van der Waals surface area (Å²) in [5, 5.41) is 4.45. The Morgan fingerprint density at radius 1 is 1.19 bits per heavy atom. The molecule has 11 heteroatoms. The first-order chi connectivity index (χ1) is 14.6. The third kappa shape index (κ3) is 6.58. The summed E-state index contributed by atoms with van der Waals surface area (Å²) in [5.41, 5.74) is 1.31. The van der Waals surface area contributed by atoms with Crippen molar-refractivity contribution in [3.8, 4) is 5.75 Å². The number of hydrogen-bond acceptors (Lipinski definition) is 5. The third-order valence-electron chi connectivity index (χ3n) is 4.56. The molecular weight excluding hydrogens is 503 g/mol. The highest BCUT2D eigenvalue weighted by molar-refractivity contribution is 7.98. The van der Waals surface area contributed by atoms with Crippen LogP contribution in [0.5, 0.6) is 5.75 Å². The number of halogens is 3. The highest BCUT2D eigenvalue weighted by Crippen LogP contribution is 2.36. The number of amides is 1. The van der Waals surface area contributed by atoms with E-state index in [9.17, 15) is 13.2 Å². The molecule has 1 atom stereocenters. The lowest BCUT2D eigenvalue weighted by Crippen LogP contribution is -2.40. The van der Waals surface area contributed by atoms with E-state index in [1.54, 1.807) is 36.0 Å². The molecule has 1 aliphatic heterocycles. The quantitative estimate of drug-likeness (QED) is 0.536. The van der Waals surface area contributed by atoms with Crippen LogP contribution in [0.15, 0.2) is 36.4 Å². The number of nitrogens with zero attached hydrogens (tertiary/aromatic N) is 1. The molecule has 0 aliphatic carbocycles. The van der Waals surface area contributed by atoms with Gasteiger partial charge in [0.15, 0.2) is 6.10 Å². The summed E-state index contributed by atoms with van der Waals surface area (Å²) in [5.74, 6) is 1.39. The summed E-state index contributed by atoms with van der Waals surface area (Å²) in [6.07, 6.45) is 0.531. The molecule has 1 N–H and O–H groups in total. The summed E-state index contributed by atoms with van der Waals surface area (Å²) in [7, 11) is -3.54. The maximum absolute atomic E-state index is 12.6. The van der Waals surface area contributed by atoms with Gasteiger partial charge in [-0.3, -0.25) is 9.10 Å². The van der Waals surface area contributed by atoms with Crippen LogP contribution < -0.4 is 14.4 Å².